The molecule has 1 aliphatic heterocycles. The predicted octanol–water partition coefficient (Wildman–Crippen LogP) is -1.72. The van der Waals surface area contributed by atoms with Crippen molar-refractivity contribution in [3.8, 4) is 0 Å². The fourth-order valence-corrected chi connectivity index (χ4v) is 3.68. The van der Waals surface area contributed by atoms with Crippen LogP contribution in [-0.2, 0) is 28.2 Å². The Hall–Kier alpha value is -1.55. The highest BCUT2D eigenvalue weighted by atomic mass is 32.2. The van der Waals surface area contributed by atoms with Crippen LogP contribution in [0.15, 0.2) is 0 Å². The monoisotopic (exact) mass is 289 g/mol. The smallest absolute Gasteiger partial charge is 0.304 e. The molecule has 0 spiro atoms. The third kappa shape index (κ3) is 3.70. The second-order valence-electron chi connectivity index (χ2n) is 4.53. The highest BCUT2D eigenvalue weighted by molar-refractivity contribution is 7.91. The molecule has 0 aliphatic carbocycles. The van der Waals surface area contributed by atoms with Crippen LogP contribution in [0.25, 0.3) is 0 Å². The third-order valence-electron chi connectivity index (χ3n) is 2.96. The van der Waals surface area contributed by atoms with E-state index in [-0.39, 0.29) is 17.9 Å². The van der Waals surface area contributed by atoms with Gasteiger partial charge in [-0.15, -0.1) is 10.2 Å². The van der Waals surface area contributed by atoms with Crippen molar-refractivity contribution in [2.75, 3.05) is 18.1 Å². The van der Waals surface area contributed by atoms with Gasteiger partial charge in [-0.25, -0.2) is 8.42 Å². The molecule has 0 radical (unpaired) electrons. The van der Waals surface area contributed by atoms with Crippen LogP contribution in [0.1, 0.15) is 12.2 Å². The quantitative estimate of drug-likeness (QED) is 0.695. The van der Waals surface area contributed by atoms with Gasteiger partial charge in [0.05, 0.1) is 31.5 Å². The van der Waals surface area contributed by atoms with Crippen LogP contribution in [0, 0.1) is 0 Å². The number of carbonyl (C=O) groups is 1. The number of nitrogens with zero attached hydrogens (tertiary/aromatic N) is 5. The molecular weight excluding hydrogens is 274 g/mol. The molecule has 0 saturated carbocycles. The van der Waals surface area contributed by atoms with Gasteiger partial charge in [-0.2, -0.15) is 4.80 Å². The van der Waals surface area contributed by atoms with Crippen molar-refractivity contribution in [2.24, 2.45) is 7.05 Å². The van der Waals surface area contributed by atoms with E-state index in [1.54, 1.807) is 11.9 Å². The van der Waals surface area contributed by atoms with Gasteiger partial charge in [0, 0.05) is 12.6 Å². The van der Waals surface area contributed by atoms with Crippen molar-refractivity contribution < 1.29 is 18.3 Å². The van der Waals surface area contributed by atoms with E-state index >= 15 is 0 Å². The molecule has 1 atom stereocenters. The Morgan fingerprint density at radius 2 is 2.26 bits per heavy atom. The lowest BCUT2D eigenvalue weighted by Gasteiger charge is -2.33. The van der Waals surface area contributed by atoms with Gasteiger partial charge >= 0.3 is 5.97 Å². The van der Waals surface area contributed by atoms with Crippen LogP contribution in [-0.4, -0.2) is 68.7 Å². The molecule has 10 heteroatoms. The van der Waals surface area contributed by atoms with Gasteiger partial charge in [0.1, 0.15) is 0 Å². The van der Waals surface area contributed by atoms with E-state index in [0.717, 1.165) is 0 Å². The lowest BCUT2D eigenvalue weighted by molar-refractivity contribution is -0.138. The number of aryl methyl sites for hydroxylation is 1. The lowest BCUT2D eigenvalue weighted by Crippen LogP contribution is -2.48. The fourth-order valence-electron chi connectivity index (χ4n) is 2.09. The normalized spacial score (nSPS) is 23.3. The maximum Gasteiger partial charge on any atom is 0.304 e. The van der Waals surface area contributed by atoms with E-state index in [1.807, 2.05) is 0 Å². The van der Waals surface area contributed by atoms with Crippen molar-refractivity contribution in [3.05, 3.63) is 5.82 Å². The number of hydrogen-bond donors (Lipinski definition) is 1. The first kappa shape index (κ1) is 13.9. The Balaban J connectivity index is 2.10. The molecule has 1 aromatic heterocycles. The largest absolute Gasteiger partial charge is 0.481 e. The van der Waals surface area contributed by atoms with E-state index in [0.29, 0.717) is 18.9 Å². The Morgan fingerprint density at radius 1 is 1.53 bits per heavy atom. The molecule has 1 aromatic rings. The molecule has 106 valence electrons. The average Bonchev–Trinajstić information content (AvgIpc) is 2.67. The van der Waals surface area contributed by atoms with Crippen molar-refractivity contribution in [1.82, 2.24) is 25.1 Å². The predicted molar refractivity (Wildman–Crippen MR) is 63.9 cm³/mol. The molecule has 1 N–H and O–H groups in total. The van der Waals surface area contributed by atoms with Crippen LogP contribution < -0.4 is 0 Å². The highest BCUT2D eigenvalue weighted by Crippen LogP contribution is 2.16. The first-order valence-corrected chi connectivity index (χ1v) is 7.57. The molecular formula is C9H15N5O4S. The van der Waals surface area contributed by atoms with Gasteiger partial charge in [-0.05, 0) is 5.21 Å². The van der Waals surface area contributed by atoms with E-state index in [4.69, 9.17) is 5.11 Å². The lowest BCUT2D eigenvalue weighted by atomic mass is 10.2. The first-order valence-electron chi connectivity index (χ1n) is 5.75. The number of sulfone groups is 1. The number of carboxylic acids is 1. The zero-order valence-corrected chi connectivity index (χ0v) is 11.2. The van der Waals surface area contributed by atoms with Crippen LogP contribution in [0.2, 0.25) is 0 Å². The van der Waals surface area contributed by atoms with Gasteiger partial charge in [0.15, 0.2) is 15.7 Å². The summed E-state index contributed by atoms with van der Waals surface area (Å²) in [7, 11) is -1.53. The second kappa shape index (κ2) is 5.21. The Labute approximate surface area is 110 Å². The second-order valence-corrected chi connectivity index (χ2v) is 6.76. The summed E-state index contributed by atoms with van der Waals surface area (Å²) < 4.78 is 23.2. The fraction of sp³-hybridized carbons (Fsp3) is 0.778. The molecule has 2 heterocycles. The SMILES string of the molecule is Cn1nnc(CN2CCS(=O)(=O)CC2CC(=O)O)n1. The third-order valence-corrected chi connectivity index (χ3v) is 4.65. The Morgan fingerprint density at radius 3 is 2.84 bits per heavy atom. The molecule has 1 saturated heterocycles. The number of aliphatic carboxylic acids is 1. The summed E-state index contributed by atoms with van der Waals surface area (Å²) in [5.41, 5.74) is 0. The topological polar surface area (TPSA) is 118 Å². The minimum absolute atomic E-state index is 0.0311. The highest BCUT2D eigenvalue weighted by Gasteiger charge is 2.33. The van der Waals surface area contributed by atoms with Gasteiger partial charge < -0.3 is 5.11 Å². The summed E-state index contributed by atoms with van der Waals surface area (Å²) in [6.07, 6.45) is -0.209. The maximum absolute atomic E-state index is 11.6. The zero-order chi connectivity index (χ0) is 14.0. The average molecular weight is 289 g/mol. The molecule has 1 aliphatic rings. The van der Waals surface area contributed by atoms with E-state index in [2.05, 4.69) is 15.4 Å². The molecule has 9 nitrogen and oxygen atoms in total. The summed E-state index contributed by atoms with van der Waals surface area (Å²) in [6.45, 7) is 0.597. The molecule has 0 bridgehead atoms. The number of carboxylic acid groups (broad SMARTS) is 1. The van der Waals surface area contributed by atoms with Crippen molar-refractivity contribution >= 4 is 15.8 Å². The molecule has 0 amide bonds. The van der Waals surface area contributed by atoms with E-state index in [1.165, 1.54) is 4.80 Å². The van der Waals surface area contributed by atoms with Crippen LogP contribution in [0.4, 0.5) is 0 Å². The number of tetrazole rings is 1. The van der Waals surface area contributed by atoms with Crippen molar-refractivity contribution in [1.29, 1.82) is 0 Å². The summed E-state index contributed by atoms with van der Waals surface area (Å²) >= 11 is 0. The van der Waals surface area contributed by atoms with Crippen molar-refractivity contribution in [3.63, 3.8) is 0 Å². The van der Waals surface area contributed by atoms with Crippen LogP contribution in [0.3, 0.4) is 0 Å². The maximum atomic E-state index is 11.6. The molecule has 2 rings (SSSR count). The number of aromatic nitrogens is 4. The zero-order valence-electron chi connectivity index (χ0n) is 10.4. The van der Waals surface area contributed by atoms with Gasteiger partial charge in [-0.1, -0.05) is 0 Å². The van der Waals surface area contributed by atoms with Crippen LogP contribution >= 0.6 is 0 Å². The first-order chi connectivity index (χ1) is 8.85. The van der Waals surface area contributed by atoms with Gasteiger partial charge in [-0.3, -0.25) is 9.69 Å². The Kier molecular flexibility index (Phi) is 3.80. The number of hydrogen-bond acceptors (Lipinski definition) is 7. The van der Waals surface area contributed by atoms with Gasteiger partial charge in [0.25, 0.3) is 0 Å². The van der Waals surface area contributed by atoms with Crippen molar-refractivity contribution in [2.45, 2.75) is 19.0 Å². The summed E-state index contributed by atoms with van der Waals surface area (Å²) in [5, 5.41) is 20.4. The standard InChI is InChI=1S/C9H15N5O4S/c1-13-11-8(10-12-13)5-14-2-3-19(17,18)6-7(14)4-9(15)16/h7H,2-6H2,1H3,(H,15,16). The Bertz CT molecular complexity index is 569. The molecule has 1 unspecified atom stereocenters. The molecule has 1 fully saturated rings. The molecule has 0 aromatic carbocycles. The summed E-state index contributed by atoms with van der Waals surface area (Å²) in [4.78, 5) is 13.9. The minimum atomic E-state index is -3.16. The molecule has 19 heavy (non-hydrogen) atoms. The van der Waals surface area contributed by atoms with E-state index in [9.17, 15) is 13.2 Å². The summed E-state index contributed by atoms with van der Waals surface area (Å²) in [6, 6.07) is -0.542. The minimum Gasteiger partial charge on any atom is -0.481 e. The summed E-state index contributed by atoms with van der Waals surface area (Å²) in [5.74, 6) is -0.667. The van der Waals surface area contributed by atoms with Gasteiger partial charge in [0.2, 0.25) is 0 Å². The number of rotatable bonds is 4. The van der Waals surface area contributed by atoms with E-state index < -0.39 is 21.8 Å². The van der Waals surface area contributed by atoms with Crippen LogP contribution in [0.5, 0.6) is 0 Å².